The summed E-state index contributed by atoms with van der Waals surface area (Å²) < 4.78 is 0. The molecule has 1 aromatic carbocycles. The van der Waals surface area contributed by atoms with Crippen molar-refractivity contribution in [3.8, 4) is 0 Å². The van der Waals surface area contributed by atoms with Gasteiger partial charge in [0.1, 0.15) is 6.04 Å². The highest BCUT2D eigenvalue weighted by Crippen LogP contribution is 2.15. The van der Waals surface area contributed by atoms with Gasteiger partial charge in [-0.3, -0.25) is 14.7 Å². The molecule has 0 saturated heterocycles. The zero-order chi connectivity index (χ0) is 14.0. The van der Waals surface area contributed by atoms with Crippen LogP contribution in [-0.4, -0.2) is 28.1 Å². The molecule has 0 aliphatic carbocycles. The van der Waals surface area contributed by atoms with Gasteiger partial charge in [-0.25, -0.2) is 0 Å². The second kappa shape index (κ2) is 5.09. The van der Waals surface area contributed by atoms with Gasteiger partial charge in [0, 0.05) is 5.39 Å². The minimum atomic E-state index is -0.706. The third-order valence-electron chi connectivity index (χ3n) is 2.95. The molecule has 0 aliphatic heterocycles. The Hall–Kier alpha value is -2.37. The highest BCUT2D eigenvalue weighted by Gasteiger charge is 2.24. The number of aromatic nitrogens is 2. The molecule has 2 rings (SSSR count). The Balaban J connectivity index is 2.27. The van der Waals surface area contributed by atoms with Crippen LogP contribution in [0.15, 0.2) is 24.3 Å². The molecule has 2 aromatic rings. The number of nitrogens with zero attached hydrogens (tertiary/aromatic N) is 1. The first-order valence-electron chi connectivity index (χ1n) is 6.04. The van der Waals surface area contributed by atoms with E-state index in [9.17, 15) is 9.59 Å². The Morgan fingerprint density at radius 2 is 2.00 bits per heavy atom. The number of carbonyl (C=O) groups excluding carboxylic acids is 2. The number of aromatic amines is 1. The van der Waals surface area contributed by atoms with Crippen LogP contribution in [0.2, 0.25) is 0 Å². The molecule has 0 fully saturated rings. The van der Waals surface area contributed by atoms with Crippen molar-refractivity contribution in [1.82, 2.24) is 15.5 Å². The van der Waals surface area contributed by atoms with Crippen LogP contribution >= 0.6 is 0 Å². The minimum Gasteiger partial charge on any atom is -0.368 e. The number of carbonyl (C=O) groups is 2. The predicted octanol–water partition coefficient (Wildman–Crippen LogP) is 0.803. The van der Waals surface area contributed by atoms with Crippen LogP contribution in [0.25, 0.3) is 10.9 Å². The fourth-order valence-electron chi connectivity index (χ4n) is 1.91. The van der Waals surface area contributed by atoms with E-state index in [2.05, 4.69) is 15.5 Å². The van der Waals surface area contributed by atoms with Crippen LogP contribution in [0, 0.1) is 5.92 Å². The van der Waals surface area contributed by atoms with Gasteiger partial charge in [0.25, 0.3) is 5.91 Å². The molecule has 0 saturated carbocycles. The molecule has 0 bridgehead atoms. The topological polar surface area (TPSA) is 101 Å². The molecule has 1 unspecified atom stereocenters. The molecule has 1 aromatic heterocycles. The van der Waals surface area contributed by atoms with Gasteiger partial charge in [-0.2, -0.15) is 5.10 Å². The van der Waals surface area contributed by atoms with E-state index >= 15 is 0 Å². The maximum atomic E-state index is 12.1. The molecule has 6 heteroatoms. The van der Waals surface area contributed by atoms with E-state index in [1.165, 1.54) is 0 Å². The fourth-order valence-corrected chi connectivity index (χ4v) is 1.91. The molecule has 6 nitrogen and oxygen atoms in total. The van der Waals surface area contributed by atoms with Crippen molar-refractivity contribution in [3.05, 3.63) is 30.0 Å². The van der Waals surface area contributed by atoms with Crippen LogP contribution in [0.3, 0.4) is 0 Å². The summed E-state index contributed by atoms with van der Waals surface area (Å²) in [5.74, 6) is -1.04. The summed E-state index contributed by atoms with van der Waals surface area (Å²) >= 11 is 0. The van der Waals surface area contributed by atoms with Crippen LogP contribution in [0.1, 0.15) is 24.3 Å². The predicted molar refractivity (Wildman–Crippen MR) is 71.4 cm³/mol. The molecule has 2 amide bonds. The van der Waals surface area contributed by atoms with Crippen molar-refractivity contribution in [2.75, 3.05) is 0 Å². The van der Waals surface area contributed by atoms with Gasteiger partial charge in [-0.1, -0.05) is 32.0 Å². The van der Waals surface area contributed by atoms with Crippen molar-refractivity contribution in [3.63, 3.8) is 0 Å². The van der Waals surface area contributed by atoms with Crippen LogP contribution < -0.4 is 11.1 Å². The number of nitrogens with one attached hydrogen (secondary N) is 2. The minimum absolute atomic E-state index is 0.0772. The molecule has 100 valence electrons. The van der Waals surface area contributed by atoms with Gasteiger partial charge >= 0.3 is 0 Å². The second-order valence-electron chi connectivity index (χ2n) is 4.72. The molecule has 0 spiro atoms. The van der Waals surface area contributed by atoms with Gasteiger partial charge in [-0.05, 0) is 12.0 Å². The van der Waals surface area contributed by atoms with E-state index in [4.69, 9.17) is 5.73 Å². The van der Waals surface area contributed by atoms with Crippen molar-refractivity contribution in [1.29, 1.82) is 0 Å². The Labute approximate surface area is 110 Å². The summed E-state index contributed by atoms with van der Waals surface area (Å²) in [4.78, 5) is 23.4. The molecular formula is C13H16N4O2. The number of rotatable bonds is 4. The SMILES string of the molecule is CC(C)C(NC(=O)c1n[nH]c2ccccc12)C(N)=O. The maximum Gasteiger partial charge on any atom is 0.273 e. The number of fused-ring (bicyclic) bond motifs is 1. The first-order chi connectivity index (χ1) is 9.00. The third-order valence-corrected chi connectivity index (χ3v) is 2.95. The molecule has 1 heterocycles. The lowest BCUT2D eigenvalue weighted by Gasteiger charge is -2.18. The molecule has 19 heavy (non-hydrogen) atoms. The largest absolute Gasteiger partial charge is 0.368 e. The van der Waals surface area contributed by atoms with Crippen molar-refractivity contribution in [2.24, 2.45) is 11.7 Å². The van der Waals surface area contributed by atoms with E-state index in [0.29, 0.717) is 5.39 Å². The molecule has 0 aliphatic rings. The van der Waals surface area contributed by atoms with Crippen LogP contribution in [0.5, 0.6) is 0 Å². The summed E-state index contributed by atoms with van der Waals surface area (Å²) in [5.41, 5.74) is 6.31. The molecule has 0 radical (unpaired) electrons. The summed E-state index contributed by atoms with van der Waals surface area (Å²) in [6.45, 7) is 3.64. The first-order valence-corrected chi connectivity index (χ1v) is 6.04. The number of primary amides is 1. The summed E-state index contributed by atoms with van der Waals surface area (Å²) in [6, 6.07) is 6.59. The maximum absolute atomic E-state index is 12.1. The monoisotopic (exact) mass is 260 g/mol. The zero-order valence-electron chi connectivity index (χ0n) is 10.8. The van der Waals surface area contributed by atoms with Gasteiger partial charge in [-0.15, -0.1) is 0 Å². The van der Waals surface area contributed by atoms with Crippen molar-refractivity contribution >= 4 is 22.7 Å². The molecule has 4 N–H and O–H groups in total. The number of para-hydroxylation sites is 1. The number of hydrogen-bond acceptors (Lipinski definition) is 3. The number of benzene rings is 1. The number of nitrogens with two attached hydrogens (primary N) is 1. The third kappa shape index (κ3) is 2.57. The van der Waals surface area contributed by atoms with E-state index in [1.54, 1.807) is 6.07 Å². The molecule has 1 atom stereocenters. The Morgan fingerprint density at radius 1 is 1.32 bits per heavy atom. The summed E-state index contributed by atoms with van der Waals surface area (Å²) in [6.07, 6.45) is 0. The van der Waals surface area contributed by atoms with E-state index in [0.717, 1.165) is 5.52 Å². The average Bonchev–Trinajstić information content (AvgIpc) is 2.78. The summed E-state index contributed by atoms with van der Waals surface area (Å²) in [7, 11) is 0. The lowest BCUT2D eigenvalue weighted by molar-refractivity contribution is -0.120. The summed E-state index contributed by atoms with van der Waals surface area (Å²) in [5, 5.41) is 10.1. The zero-order valence-corrected chi connectivity index (χ0v) is 10.8. The molecular weight excluding hydrogens is 244 g/mol. The average molecular weight is 260 g/mol. The van der Waals surface area contributed by atoms with Gasteiger partial charge < -0.3 is 11.1 Å². The Morgan fingerprint density at radius 3 is 2.63 bits per heavy atom. The second-order valence-corrected chi connectivity index (χ2v) is 4.72. The first kappa shape index (κ1) is 13.1. The number of hydrogen-bond donors (Lipinski definition) is 3. The number of H-pyrrole nitrogens is 1. The van der Waals surface area contributed by atoms with E-state index in [1.807, 2.05) is 32.0 Å². The van der Waals surface area contributed by atoms with E-state index in [-0.39, 0.29) is 11.6 Å². The van der Waals surface area contributed by atoms with Gasteiger partial charge in [0.15, 0.2) is 5.69 Å². The van der Waals surface area contributed by atoms with Gasteiger partial charge in [0.05, 0.1) is 5.52 Å². The fraction of sp³-hybridized carbons (Fsp3) is 0.308. The Bertz CT molecular complexity index is 618. The van der Waals surface area contributed by atoms with E-state index < -0.39 is 17.9 Å². The smallest absolute Gasteiger partial charge is 0.273 e. The van der Waals surface area contributed by atoms with Gasteiger partial charge in [0.2, 0.25) is 5.91 Å². The van der Waals surface area contributed by atoms with Crippen LogP contribution in [0.4, 0.5) is 0 Å². The normalized spacial score (nSPS) is 12.6. The lowest BCUT2D eigenvalue weighted by atomic mass is 10.0. The highest BCUT2D eigenvalue weighted by molar-refractivity contribution is 6.05. The standard InChI is InChI=1S/C13H16N4O2/c1-7(2)10(12(14)18)15-13(19)11-8-5-3-4-6-9(8)16-17-11/h3-7,10H,1-2H3,(H2,14,18)(H,15,19)(H,16,17). The van der Waals surface area contributed by atoms with Crippen molar-refractivity contribution < 1.29 is 9.59 Å². The number of amides is 2. The Kier molecular flexibility index (Phi) is 3.50. The highest BCUT2D eigenvalue weighted by atomic mass is 16.2. The lowest BCUT2D eigenvalue weighted by Crippen LogP contribution is -2.47. The van der Waals surface area contributed by atoms with Crippen LogP contribution in [-0.2, 0) is 4.79 Å². The quantitative estimate of drug-likeness (QED) is 0.758. The van der Waals surface area contributed by atoms with Crippen molar-refractivity contribution in [2.45, 2.75) is 19.9 Å².